The van der Waals surface area contributed by atoms with Gasteiger partial charge in [0.15, 0.2) is 0 Å². The van der Waals surface area contributed by atoms with Crippen LogP contribution in [-0.2, 0) is 11.3 Å². The lowest BCUT2D eigenvalue weighted by Crippen LogP contribution is -2.41. The third-order valence-electron chi connectivity index (χ3n) is 4.54. The molecule has 1 unspecified atom stereocenters. The van der Waals surface area contributed by atoms with Crippen molar-refractivity contribution in [1.82, 2.24) is 4.90 Å². The lowest BCUT2D eigenvalue weighted by atomic mass is 9.68. The second kappa shape index (κ2) is 5.86. The fourth-order valence-corrected chi connectivity index (χ4v) is 3.17. The number of aromatic hydroxyl groups is 1. The van der Waals surface area contributed by atoms with Gasteiger partial charge in [0.1, 0.15) is 5.75 Å². The Kier molecular flexibility index (Phi) is 4.36. The van der Waals surface area contributed by atoms with Crippen molar-refractivity contribution in [3.05, 3.63) is 29.8 Å². The highest BCUT2D eigenvalue weighted by Crippen LogP contribution is 2.41. The van der Waals surface area contributed by atoms with E-state index in [4.69, 9.17) is 0 Å². The number of amides is 1. The van der Waals surface area contributed by atoms with Crippen LogP contribution in [0.15, 0.2) is 24.3 Å². The van der Waals surface area contributed by atoms with Gasteiger partial charge in [-0.2, -0.15) is 0 Å². The number of carbonyl (C=O) groups excluding carboxylic acids is 1. The van der Waals surface area contributed by atoms with Gasteiger partial charge in [-0.25, -0.2) is 0 Å². The Morgan fingerprint density at radius 3 is 2.55 bits per heavy atom. The zero-order valence-electron chi connectivity index (χ0n) is 12.7. The van der Waals surface area contributed by atoms with Crippen LogP contribution in [0.1, 0.15) is 45.1 Å². The van der Waals surface area contributed by atoms with Crippen molar-refractivity contribution in [2.75, 3.05) is 7.05 Å². The highest BCUT2D eigenvalue weighted by molar-refractivity contribution is 5.79. The van der Waals surface area contributed by atoms with Crippen molar-refractivity contribution in [2.24, 2.45) is 11.3 Å². The van der Waals surface area contributed by atoms with Crippen LogP contribution in [0, 0.1) is 11.3 Å². The van der Waals surface area contributed by atoms with Crippen molar-refractivity contribution in [3.63, 3.8) is 0 Å². The molecule has 1 N–H and O–H groups in total. The fraction of sp³-hybridized carbons (Fsp3) is 0.588. The minimum Gasteiger partial charge on any atom is -0.508 e. The van der Waals surface area contributed by atoms with E-state index in [2.05, 4.69) is 13.8 Å². The standard InChI is InChI=1S/C17H25NO2/c1-17(2)11-5-4-6-15(17)16(20)18(3)12-13-7-9-14(19)10-8-13/h7-10,15,19H,4-6,11-12H2,1-3H3. The Morgan fingerprint density at radius 2 is 1.95 bits per heavy atom. The third kappa shape index (κ3) is 3.33. The topological polar surface area (TPSA) is 40.5 Å². The summed E-state index contributed by atoms with van der Waals surface area (Å²) in [5.41, 5.74) is 1.16. The number of benzene rings is 1. The van der Waals surface area contributed by atoms with Crippen molar-refractivity contribution in [1.29, 1.82) is 0 Å². The van der Waals surface area contributed by atoms with Gasteiger partial charge < -0.3 is 10.0 Å². The van der Waals surface area contributed by atoms with E-state index in [-0.39, 0.29) is 23.0 Å². The van der Waals surface area contributed by atoms with Gasteiger partial charge in [0.05, 0.1) is 0 Å². The monoisotopic (exact) mass is 275 g/mol. The van der Waals surface area contributed by atoms with E-state index in [1.54, 1.807) is 12.1 Å². The maximum atomic E-state index is 12.7. The second-order valence-electron chi connectivity index (χ2n) is 6.65. The Balaban J connectivity index is 2.02. The Bertz CT molecular complexity index is 464. The number of nitrogens with zero attached hydrogens (tertiary/aromatic N) is 1. The largest absolute Gasteiger partial charge is 0.508 e. The molecular weight excluding hydrogens is 250 g/mol. The summed E-state index contributed by atoms with van der Waals surface area (Å²) in [6.07, 6.45) is 4.54. The van der Waals surface area contributed by atoms with Crippen molar-refractivity contribution in [2.45, 2.75) is 46.1 Å². The van der Waals surface area contributed by atoms with Gasteiger partial charge in [0.2, 0.25) is 5.91 Å². The summed E-state index contributed by atoms with van der Waals surface area (Å²) in [4.78, 5) is 14.5. The zero-order chi connectivity index (χ0) is 14.8. The summed E-state index contributed by atoms with van der Waals surface area (Å²) in [6.45, 7) is 5.03. The summed E-state index contributed by atoms with van der Waals surface area (Å²) in [7, 11) is 1.87. The molecule has 0 aromatic heterocycles. The van der Waals surface area contributed by atoms with Gasteiger partial charge in [-0.05, 0) is 36.0 Å². The summed E-state index contributed by atoms with van der Waals surface area (Å²) < 4.78 is 0. The molecule has 3 nitrogen and oxygen atoms in total. The van der Waals surface area contributed by atoms with E-state index in [0.29, 0.717) is 6.54 Å². The van der Waals surface area contributed by atoms with Crippen LogP contribution >= 0.6 is 0 Å². The molecule has 1 aliphatic carbocycles. The molecule has 1 aromatic carbocycles. The molecule has 0 heterocycles. The molecule has 3 heteroatoms. The summed E-state index contributed by atoms with van der Waals surface area (Å²) in [5, 5.41) is 9.29. The van der Waals surface area contributed by atoms with Crippen molar-refractivity contribution < 1.29 is 9.90 Å². The maximum Gasteiger partial charge on any atom is 0.226 e. The Hall–Kier alpha value is -1.51. The molecule has 20 heavy (non-hydrogen) atoms. The van der Waals surface area contributed by atoms with Crippen LogP contribution in [0.2, 0.25) is 0 Å². The van der Waals surface area contributed by atoms with E-state index in [0.717, 1.165) is 24.8 Å². The molecule has 0 saturated heterocycles. The minimum absolute atomic E-state index is 0.110. The van der Waals surface area contributed by atoms with E-state index < -0.39 is 0 Å². The number of hydrogen-bond donors (Lipinski definition) is 1. The molecule has 0 spiro atoms. The summed E-state index contributed by atoms with van der Waals surface area (Å²) in [5.74, 6) is 0.650. The second-order valence-corrected chi connectivity index (χ2v) is 6.65. The van der Waals surface area contributed by atoms with Crippen LogP contribution < -0.4 is 0 Å². The minimum atomic E-state index is 0.110. The van der Waals surface area contributed by atoms with Gasteiger partial charge >= 0.3 is 0 Å². The molecule has 2 rings (SSSR count). The lowest BCUT2D eigenvalue weighted by Gasteiger charge is -2.39. The average Bonchev–Trinajstić information content (AvgIpc) is 2.40. The predicted octanol–water partition coefficient (Wildman–Crippen LogP) is 3.57. The van der Waals surface area contributed by atoms with E-state index in [1.165, 1.54) is 6.42 Å². The SMILES string of the molecule is CN(Cc1ccc(O)cc1)C(=O)C1CCCCC1(C)C. The number of rotatable bonds is 3. The van der Waals surface area contributed by atoms with Crippen LogP contribution in [0.4, 0.5) is 0 Å². The fourth-order valence-electron chi connectivity index (χ4n) is 3.17. The van der Waals surface area contributed by atoms with Gasteiger partial charge in [0.25, 0.3) is 0 Å². The molecule has 110 valence electrons. The van der Waals surface area contributed by atoms with E-state index in [9.17, 15) is 9.90 Å². The van der Waals surface area contributed by atoms with Crippen LogP contribution in [0.3, 0.4) is 0 Å². The Labute approximate surface area is 121 Å². The molecule has 1 atom stereocenters. The van der Waals surface area contributed by atoms with Gasteiger partial charge in [-0.15, -0.1) is 0 Å². The maximum absolute atomic E-state index is 12.7. The van der Waals surface area contributed by atoms with Crippen LogP contribution in [0.5, 0.6) is 5.75 Å². The van der Waals surface area contributed by atoms with E-state index in [1.807, 2.05) is 24.1 Å². The van der Waals surface area contributed by atoms with Crippen molar-refractivity contribution >= 4 is 5.91 Å². The molecule has 1 aliphatic rings. The molecule has 1 aromatic rings. The number of phenolic OH excluding ortho intramolecular Hbond substituents is 1. The first-order valence-electron chi connectivity index (χ1n) is 7.43. The van der Waals surface area contributed by atoms with Crippen LogP contribution in [-0.4, -0.2) is 23.0 Å². The van der Waals surface area contributed by atoms with Gasteiger partial charge in [0, 0.05) is 19.5 Å². The number of hydrogen-bond acceptors (Lipinski definition) is 2. The first-order valence-corrected chi connectivity index (χ1v) is 7.43. The van der Waals surface area contributed by atoms with Gasteiger partial charge in [-0.1, -0.05) is 38.8 Å². The van der Waals surface area contributed by atoms with Crippen molar-refractivity contribution in [3.8, 4) is 5.75 Å². The highest BCUT2D eigenvalue weighted by atomic mass is 16.3. The zero-order valence-corrected chi connectivity index (χ0v) is 12.7. The average molecular weight is 275 g/mol. The molecule has 1 saturated carbocycles. The molecule has 0 radical (unpaired) electrons. The summed E-state index contributed by atoms with van der Waals surface area (Å²) >= 11 is 0. The first-order chi connectivity index (χ1) is 9.40. The molecule has 0 aliphatic heterocycles. The highest BCUT2D eigenvalue weighted by Gasteiger charge is 2.38. The molecule has 0 bridgehead atoms. The number of carbonyl (C=O) groups is 1. The molecular formula is C17H25NO2. The van der Waals surface area contributed by atoms with E-state index >= 15 is 0 Å². The predicted molar refractivity (Wildman–Crippen MR) is 80.3 cm³/mol. The quantitative estimate of drug-likeness (QED) is 0.916. The molecule has 1 fully saturated rings. The third-order valence-corrected chi connectivity index (χ3v) is 4.54. The lowest BCUT2D eigenvalue weighted by molar-refractivity contribution is -0.140. The van der Waals surface area contributed by atoms with Crippen LogP contribution in [0.25, 0.3) is 0 Å². The summed E-state index contributed by atoms with van der Waals surface area (Å²) in [6, 6.07) is 7.06. The normalized spacial score (nSPS) is 21.4. The van der Waals surface area contributed by atoms with Gasteiger partial charge in [-0.3, -0.25) is 4.79 Å². The smallest absolute Gasteiger partial charge is 0.226 e. The first kappa shape index (κ1) is 14.9. The Morgan fingerprint density at radius 1 is 1.30 bits per heavy atom. The number of phenols is 1. The molecule has 1 amide bonds.